The van der Waals surface area contributed by atoms with E-state index in [0.717, 1.165) is 0 Å². The number of carbonyl (C=O) groups is 1. The third-order valence-corrected chi connectivity index (χ3v) is 9.38. The molecule has 1 fully saturated rings. The third kappa shape index (κ3) is 4.41. The van der Waals surface area contributed by atoms with Gasteiger partial charge in [0.2, 0.25) is 25.8 Å². The van der Waals surface area contributed by atoms with Crippen molar-refractivity contribution in [3.8, 4) is 5.69 Å². The fourth-order valence-corrected chi connectivity index (χ4v) is 6.38. The lowest BCUT2D eigenvalue weighted by Gasteiger charge is -2.35. The zero-order chi connectivity index (χ0) is 23.6. The van der Waals surface area contributed by atoms with Gasteiger partial charge in [0.15, 0.2) is 0 Å². The van der Waals surface area contributed by atoms with Crippen molar-refractivity contribution in [2.45, 2.75) is 22.2 Å². The van der Waals surface area contributed by atoms with Crippen molar-refractivity contribution >= 4 is 25.8 Å². The van der Waals surface area contributed by atoms with Crippen LogP contribution in [0.1, 0.15) is 6.92 Å². The van der Waals surface area contributed by atoms with E-state index in [2.05, 4.69) is 10.2 Å². The molecule has 0 spiro atoms. The van der Waals surface area contributed by atoms with Gasteiger partial charge >= 0.3 is 0 Å². The molecular weight excluding hydrogens is 466 g/mol. The molecule has 2 heterocycles. The lowest BCUT2D eigenvalue weighted by Crippen LogP contribution is -2.53. The Morgan fingerprint density at radius 1 is 0.879 bits per heavy atom. The van der Waals surface area contributed by atoms with Gasteiger partial charge in [0.05, 0.1) is 4.90 Å². The molecule has 1 aromatic heterocycles. The molecule has 4 rings (SSSR count). The summed E-state index contributed by atoms with van der Waals surface area (Å²) in [7, 11) is -7.82. The highest BCUT2D eigenvalue weighted by molar-refractivity contribution is 7.92. The highest BCUT2D eigenvalue weighted by atomic mass is 32.2. The van der Waals surface area contributed by atoms with Crippen LogP contribution in [0.25, 0.3) is 5.69 Å². The van der Waals surface area contributed by atoms with Crippen LogP contribution in [0, 0.1) is 0 Å². The van der Waals surface area contributed by atoms with Crippen LogP contribution in [-0.2, 0) is 24.7 Å². The lowest BCUT2D eigenvalue weighted by molar-refractivity contribution is -0.131. The Labute approximate surface area is 192 Å². The Balaban J connectivity index is 1.48. The van der Waals surface area contributed by atoms with Gasteiger partial charge in [0.1, 0.15) is 11.6 Å². The Morgan fingerprint density at radius 2 is 1.45 bits per heavy atom. The first-order valence-electron chi connectivity index (χ1n) is 10.3. The van der Waals surface area contributed by atoms with Crippen LogP contribution in [0.2, 0.25) is 0 Å². The molecule has 0 unspecified atom stereocenters. The number of sulfone groups is 1. The van der Waals surface area contributed by atoms with Gasteiger partial charge in [-0.05, 0) is 31.2 Å². The van der Waals surface area contributed by atoms with Crippen molar-refractivity contribution in [1.82, 2.24) is 24.0 Å². The average Bonchev–Trinajstić information content (AvgIpc) is 3.35. The molecule has 0 aliphatic carbocycles. The fourth-order valence-electron chi connectivity index (χ4n) is 3.62. The summed E-state index contributed by atoms with van der Waals surface area (Å²) in [6.45, 7) is 1.66. The Hall–Kier alpha value is -3.09. The maximum Gasteiger partial charge on any atom is 0.254 e. The molecule has 1 atom stereocenters. The molecule has 0 saturated carbocycles. The molecule has 1 aliphatic heterocycles. The summed E-state index contributed by atoms with van der Waals surface area (Å²) in [5, 5.41) is 5.76. The Morgan fingerprint density at radius 3 is 2.06 bits per heavy atom. The fraction of sp³-hybridized carbons (Fsp3) is 0.286. The number of carbonyl (C=O) groups excluding carboxylic acids is 1. The smallest absolute Gasteiger partial charge is 0.254 e. The second-order valence-electron chi connectivity index (χ2n) is 7.55. The number of sulfonamides is 1. The number of benzene rings is 2. The van der Waals surface area contributed by atoms with Gasteiger partial charge in [-0.15, -0.1) is 10.2 Å². The summed E-state index contributed by atoms with van der Waals surface area (Å²) in [4.78, 5) is 14.6. The van der Waals surface area contributed by atoms with Gasteiger partial charge in [-0.3, -0.25) is 9.36 Å². The molecule has 2 aromatic carbocycles. The maximum atomic E-state index is 13.2. The second-order valence-corrected chi connectivity index (χ2v) is 11.6. The second kappa shape index (κ2) is 9.04. The normalized spacial score (nSPS) is 16.5. The molecule has 0 N–H and O–H groups in total. The van der Waals surface area contributed by atoms with Crippen LogP contribution in [0.3, 0.4) is 0 Å². The highest BCUT2D eigenvalue weighted by Crippen LogP contribution is 2.21. The predicted molar refractivity (Wildman–Crippen MR) is 120 cm³/mol. The molecule has 1 amide bonds. The number of piperazine rings is 1. The van der Waals surface area contributed by atoms with E-state index < -0.39 is 31.0 Å². The molecule has 33 heavy (non-hydrogen) atoms. The monoisotopic (exact) mass is 489 g/mol. The van der Waals surface area contributed by atoms with E-state index in [-0.39, 0.29) is 36.2 Å². The van der Waals surface area contributed by atoms with E-state index >= 15 is 0 Å². The molecule has 1 saturated heterocycles. The highest BCUT2D eigenvalue weighted by Gasteiger charge is 2.38. The first-order valence-corrected chi connectivity index (χ1v) is 13.2. The largest absolute Gasteiger partial charge is 0.339 e. The van der Waals surface area contributed by atoms with Gasteiger partial charge < -0.3 is 4.90 Å². The number of rotatable bonds is 6. The number of nitrogens with zero attached hydrogens (tertiary/aromatic N) is 5. The van der Waals surface area contributed by atoms with Crippen LogP contribution >= 0.6 is 0 Å². The predicted octanol–water partition coefficient (Wildman–Crippen LogP) is 0.963. The van der Waals surface area contributed by atoms with Crippen LogP contribution in [-0.4, -0.2) is 78.1 Å². The lowest BCUT2D eigenvalue weighted by atomic mass is 10.3. The first kappa shape index (κ1) is 23.1. The zero-order valence-electron chi connectivity index (χ0n) is 17.9. The van der Waals surface area contributed by atoms with Crippen LogP contribution in [0.4, 0.5) is 0 Å². The molecule has 174 valence electrons. The minimum absolute atomic E-state index is 0.0793. The topological polar surface area (TPSA) is 123 Å². The van der Waals surface area contributed by atoms with E-state index in [1.807, 2.05) is 0 Å². The molecule has 0 bridgehead atoms. The zero-order valence-corrected chi connectivity index (χ0v) is 19.5. The summed E-state index contributed by atoms with van der Waals surface area (Å²) in [5.74, 6) is -0.602. The Kier molecular flexibility index (Phi) is 6.32. The summed E-state index contributed by atoms with van der Waals surface area (Å²) in [6.07, 6.45) is 1.28. The first-order chi connectivity index (χ1) is 15.7. The number of hydrogen-bond donors (Lipinski definition) is 0. The number of aromatic nitrogens is 3. The van der Waals surface area contributed by atoms with Crippen molar-refractivity contribution in [3.63, 3.8) is 0 Å². The van der Waals surface area contributed by atoms with Crippen LogP contribution in [0.15, 0.2) is 77.0 Å². The molecular formula is C21H23N5O5S2. The van der Waals surface area contributed by atoms with Gasteiger partial charge in [-0.2, -0.15) is 4.31 Å². The van der Waals surface area contributed by atoms with Crippen molar-refractivity contribution in [1.29, 1.82) is 0 Å². The summed E-state index contributed by atoms with van der Waals surface area (Å²) >= 11 is 0. The van der Waals surface area contributed by atoms with Gasteiger partial charge in [-0.25, -0.2) is 16.8 Å². The van der Waals surface area contributed by atoms with E-state index in [4.69, 9.17) is 0 Å². The van der Waals surface area contributed by atoms with Gasteiger partial charge in [0.25, 0.3) is 5.16 Å². The van der Waals surface area contributed by atoms with Crippen molar-refractivity contribution in [2.24, 2.45) is 0 Å². The number of hydrogen-bond acceptors (Lipinski definition) is 7. The quantitative estimate of drug-likeness (QED) is 0.505. The van der Waals surface area contributed by atoms with E-state index in [0.29, 0.717) is 5.69 Å². The Bertz CT molecular complexity index is 1330. The molecule has 3 aromatic rings. The number of amides is 1. The minimum Gasteiger partial charge on any atom is -0.339 e. The summed E-state index contributed by atoms with van der Waals surface area (Å²) < 4.78 is 54.6. The summed E-state index contributed by atoms with van der Waals surface area (Å²) in [5.41, 5.74) is 0.556. The standard InChI is InChI=1S/C21H23N5O5S2/c1-17(32(28,29)21-23-22-16-26(21)18-8-4-2-5-9-18)20(27)24-12-14-25(15-13-24)33(30,31)19-10-6-3-7-11-19/h2-11,16-17H,12-15H2,1H3/t17-/m0/s1. The van der Waals surface area contributed by atoms with E-state index in [1.54, 1.807) is 48.5 Å². The maximum absolute atomic E-state index is 13.2. The molecule has 10 nitrogen and oxygen atoms in total. The van der Waals surface area contributed by atoms with Crippen LogP contribution < -0.4 is 0 Å². The van der Waals surface area contributed by atoms with Gasteiger partial charge in [0, 0.05) is 31.9 Å². The van der Waals surface area contributed by atoms with Crippen molar-refractivity contribution in [2.75, 3.05) is 26.2 Å². The minimum atomic E-state index is -4.14. The molecule has 0 radical (unpaired) electrons. The number of para-hydroxylation sites is 1. The summed E-state index contributed by atoms with van der Waals surface area (Å²) in [6, 6.07) is 16.8. The van der Waals surface area contributed by atoms with Gasteiger partial charge in [-0.1, -0.05) is 36.4 Å². The van der Waals surface area contributed by atoms with Crippen molar-refractivity contribution in [3.05, 3.63) is 67.0 Å². The average molecular weight is 490 g/mol. The molecule has 1 aliphatic rings. The van der Waals surface area contributed by atoms with Crippen LogP contribution in [0.5, 0.6) is 0 Å². The van der Waals surface area contributed by atoms with E-state index in [1.165, 1.54) is 39.2 Å². The third-order valence-electron chi connectivity index (χ3n) is 5.55. The van der Waals surface area contributed by atoms with E-state index in [9.17, 15) is 21.6 Å². The molecule has 12 heteroatoms. The SMILES string of the molecule is C[C@@H](C(=O)N1CCN(S(=O)(=O)c2ccccc2)CC1)S(=O)(=O)c1nncn1-c1ccccc1. The van der Waals surface area contributed by atoms with Crippen molar-refractivity contribution < 1.29 is 21.6 Å².